The Hall–Kier alpha value is -1.64. The molecule has 0 radical (unpaired) electrons. The fourth-order valence-electron chi connectivity index (χ4n) is 2.36. The van der Waals surface area contributed by atoms with E-state index in [-0.39, 0.29) is 6.10 Å². The number of likely N-dealkylation sites (N-methyl/N-ethyl adjacent to an activating group) is 1. The Morgan fingerprint density at radius 1 is 1.58 bits per heavy atom. The summed E-state index contributed by atoms with van der Waals surface area (Å²) in [5.41, 5.74) is 2.55. The fourth-order valence-corrected chi connectivity index (χ4v) is 2.36. The van der Waals surface area contributed by atoms with Crippen molar-refractivity contribution in [1.82, 2.24) is 10.3 Å². The van der Waals surface area contributed by atoms with Gasteiger partial charge in [-0.3, -0.25) is 0 Å². The highest BCUT2D eigenvalue weighted by Crippen LogP contribution is 2.21. The van der Waals surface area contributed by atoms with Crippen LogP contribution in [0.15, 0.2) is 6.07 Å². The van der Waals surface area contributed by atoms with E-state index < -0.39 is 0 Å². The Kier molecular flexibility index (Phi) is 4.35. The first-order valence-corrected chi connectivity index (χ1v) is 6.53. The zero-order valence-electron chi connectivity index (χ0n) is 11.7. The number of pyridine rings is 1. The van der Waals surface area contributed by atoms with Crippen LogP contribution < -0.4 is 10.2 Å². The van der Waals surface area contributed by atoms with Crippen LogP contribution in [0.5, 0.6) is 0 Å². The summed E-state index contributed by atoms with van der Waals surface area (Å²) in [6.45, 7) is 7.12. The Morgan fingerprint density at radius 3 is 3.00 bits per heavy atom. The molecule has 2 heterocycles. The second-order valence-electron chi connectivity index (χ2n) is 4.97. The van der Waals surface area contributed by atoms with E-state index in [1.165, 1.54) is 0 Å². The van der Waals surface area contributed by atoms with Crippen LogP contribution in [0.1, 0.15) is 16.8 Å². The molecule has 0 aliphatic carbocycles. The van der Waals surface area contributed by atoms with Crippen molar-refractivity contribution in [2.24, 2.45) is 0 Å². The van der Waals surface area contributed by atoms with Crippen LogP contribution in [0, 0.1) is 25.2 Å². The predicted octanol–water partition coefficient (Wildman–Crippen LogP) is 0.995. The number of nitriles is 1. The number of nitrogens with zero attached hydrogens (tertiary/aromatic N) is 3. The summed E-state index contributed by atoms with van der Waals surface area (Å²) >= 11 is 0. The third kappa shape index (κ3) is 3.22. The molecule has 1 unspecified atom stereocenters. The van der Waals surface area contributed by atoms with Crippen molar-refractivity contribution in [1.29, 1.82) is 5.26 Å². The third-order valence-corrected chi connectivity index (χ3v) is 3.28. The molecule has 0 saturated carbocycles. The van der Waals surface area contributed by atoms with Crippen LogP contribution in [0.2, 0.25) is 0 Å². The third-order valence-electron chi connectivity index (χ3n) is 3.28. The first kappa shape index (κ1) is 13.8. The lowest BCUT2D eigenvalue weighted by Gasteiger charge is -2.29. The van der Waals surface area contributed by atoms with Gasteiger partial charge in [-0.1, -0.05) is 0 Å². The highest BCUT2D eigenvalue weighted by atomic mass is 16.5. The van der Waals surface area contributed by atoms with Crippen molar-refractivity contribution < 1.29 is 4.74 Å². The number of nitrogens with one attached hydrogen (secondary N) is 1. The molecule has 1 aromatic heterocycles. The molecule has 0 bridgehead atoms. The Labute approximate surface area is 114 Å². The van der Waals surface area contributed by atoms with Crippen molar-refractivity contribution in [3.05, 3.63) is 22.9 Å². The number of rotatable bonds is 3. The molecule has 1 aliphatic heterocycles. The zero-order chi connectivity index (χ0) is 13.8. The van der Waals surface area contributed by atoms with Crippen LogP contribution in [0.25, 0.3) is 0 Å². The first-order chi connectivity index (χ1) is 9.11. The van der Waals surface area contributed by atoms with Gasteiger partial charge in [0, 0.05) is 32.4 Å². The standard InChI is InChI=1S/C14H20N4O/c1-10-6-11(2)17-14(13(10)7-15)18(3)9-12-8-16-4-5-19-12/h6,12,16H,4-5,8-9H2,1-3H3. The molecule has 19 heavy (non-hydrogen) atoms. The summed E-state index contributed by atoms with van der Waals surface area (Å²) < 4.78 is 5.69. The maximum Gasteiger partial charge on any atom is 0.146 e. The molecule has 2 rings (SSSR count). The van der Waals surface area contributed by atoms with Gasteiger partial charge in [0.2, 0.25) is 0 Å². The van der Waals surface area contributed by atoms with E-state index in [0.29, 0.717) is 5.56 Å². The van der Waals surface area contributed by atoms with Crippen molar-refractivity contribution in [2.75, 3.05) is 38.2 Å². The van der Waals surface area contributed by atoms with Crippen LogP contribution >= 0.6 is 0 Å². The molecule has 5 nitrogen and oxygen atoms in total. The second-order valence-corrected chi connectivity index (χ2v) is 4.97. The lowest BCUT2D eigenvalue weighted by Crippen LogP contribution is -2.44. The van der Waals surface area contributed by atoms with Gasteiger partial charge in [-0.25, -0.2) is 4.98 Å². The molecule has 1 aliphatic rings. The topological polar surface area (TPSA) is 61.2 Å². The average Bonchev–Trinajstić information content (AvgIpc) is 2.39. The van der Waals surface area contributed by atoms with E-state index in [0.717, 1.165) is 43.3 Å². The molecule has 0 amide bonds. The molecular weight excluding hydrogens is 240 g/mol. The van der Waals surface area contributed by atoms with Crippen molar-refractivity contribution in [2.45, 2.75) is 20.0 Å². The van der Waals surface area contributed by atoms with Gasteiger partial charge >= 0.3 is 0 Å². The maximum atomic E-state index is 9.28. The van der Waals surface area contributed by atoms with E-state index in [1.807, 2.05) is 31.9 Å². The number of aryl methyl sites for hydroxylation is 2. The molecule has 1 N–H and O–H groups in total. The predicted molar refractivity (Wildman–Crippen MR) is 74.3 cm³/mol. The molecule has 1 atom stereocenters. The average molecular weight is 260 g/mol. The minimum Gasteiger partial charge on any atom is -0.374 e. The minimum absolute atomic E-state index is 0.146. The summed E-state index contributed by atoms with van der Waals surface area (Å²) in [6.07, 6.45) is 0.146. The molecule has 1 fully saturated rings. The number of hydrogen-bond donors (Lipinski definition) is 1. The van der Waals surface area contributed by atoms with Gasteiger partial charge in [0.05, 0.1) is 18.3 Å². The largest absolute Gasteiger partial charge is 0.374 e. The SMILES string of the molecule is Cc1cc(C)c(C#N)c(N(C)CC2CNCCO2)n1. The molecule has 1 aromatic rings. The zero-order valence-corrected chi connectivity index (χ0v) is 11.7. The van der Waals surface area contributed by atoms with Gasteiger partial charge in [0.1, 0.15) is 11.9 Å². The van der Waals surface area contributed by atoms with Gasteiger partial charge in [0.25, 0.3) is 0 Å². The molecule has 0 aromatic carbocycles. The molecule has 5 heteroatoms. The van der Waals surface area contributed by atoms with Gasteiger partial charge < -0.3 is 15.0 Å². The van der Waals surface area contributed by atoms with Crippen molar-refractivity contribution in [3.8, 4) is 6.07 Å². The summed E-state index contributed by atoms with van der Waals surface area (Å²) in [7, 11) is 1.96. The maximum absolute atomic E-state index is 9.28. The van der Waals surface area contributed by atoms with E-state index in [2.05, 4.69) is 16.4 Å². The molecule has 1 saturated heterocycles. The second kappa shape index (κ2) is 6.00. The van der Waals surface area contributed by atoms with Crippen molar-refractivity contribution >= 4 is 5.82 Å². The Bertz CT molecular complexity index is 489. The lowest BCUT2D eigenvalue weighted by molar-refractivity contribution is 0.0339. The van der Waals surface area contributed by atoms with Gasteiger partial charge in [-0.2, -0.15) is 5.26 Å². The molecule has 102 valence electrons. The van der Waals surface area contributed by atoms with E-state index in [1.54, 1.807) is 0 Å². The number of anilines is 1. The Balaban J connectivity index is 2.18. The summed E-state index contributed by atoms with van der Waals surface area (Å²) in [5.74, 6) is 0.745. The van der Waals surface area contributed by atoms with Gasteiger partial charge in [-0.05, 0) is 25.5 Å². The van der Waals surface area contributed by atoms with E-state index in [4.69, 9.17) is 4.74 Å². The smallest absolute Gasteiger partial charge is 0.146 e. The molecule has 0 spiro atoms. The first-order valence-electron chi connectivity index (χ1n) is 6.53. The van der Waals surface area contributed by atoms with Crippen LogP contribution in [0.3, 0.4) is 0 Å². The highest BCUT2D eigenvalue weighted by Gasteiger charge is 2.19. The van der Waals surface area contributed by atoms with E-state index in [9.17, 15) is 5.26 Å². The summed E-state index contributed by atoms with van der Waals surface area (Å²) in [6, 6.07) is 4.19. The highest BCUT2D eigenvalue weighted by molar-refractivity contribution is 5.57. The summed E-state index contributed by atoms with van der Waals surface area (Å²) in [5, 5.41) is 12.6. The molecular formula is C14H20N4O. The van der Waals surface area contributed by atoms with Gasteiger partial charge in [0.15, 0.2) is 0 Å². The normalized spacial score (nSPS) is 18.9. The number of morpholine rings is 1. The lowest BCUT2D eigenvalue weighted by atomic mass is 10.1. The number of aromatic nitrogens is 1. The fraction of sp³-hybridized carbons (Fsp3) is 0.571. The number of ether oxygens (including phenoxy) is 1. The van der Waals surface area contributed by atoms with Crippen molar-refractivity contribution in [3.63, 3.8) is 0 Å². The minimum atomic E-state index is 0.146. The van der Waals surface area contributed by atoms with Gasteiger partial charge in [-0.15, -0.1) is 0 Å². The van der Waals surface area contributed by atoms with Crippen LogP contribution in [-0.4, -0.2) is 44.4 Å². The van der Waals surface area contributed by atoms with Crippen LogP contribution in [-0.2, 0) is 4.74 Å². The Morgan fingerprint density at radius 2 is 2.37 bits per heavy atom. The quantitative estimate of drug-likeness (QED) is 0.878. The summed E-state index contributed by atoms with van der Waals surface area (Å²) in [4.78, 5) is 6.51. The number of hydrogen-bond acceptors (Lipinski definition) is 5. The van der Waals surface area contributed by atoms with E-state index >= 15 is 0 Å². The van der Waals surface area contributed by atoms with Crippen LogP contribution in [0.4, 0.5) is 5.82 Å². The monoisotopic (exact) mass is 260 g/mol.